The second-order valence-electron chi connectivity index (χ2n) is 6.65. The fraction of sp³-hybridized carbons (Fsp3) is 0.333. The highest BCUT2D eigenvalue weighted by Gasteiger charge is 2.34. The van der Waals surface area contributed by atoms with Gasteiger partial charge in [-0.05, 0) is 23.6 Å². The molecule has 0 radical (unpaired) electrons. The van der Waals surface area contributed by atoms with Crippen molar-refractivity contribution in [2.24, 2.45) is 0 Å². The third kappa shape index (κ3) is 5.11. The number of amides is 2. The van der Waals surface area contributed by atoms with Crippen molar-refractivity contribution in [3.63, 3.8) is 0 Å². The molecular weight excluding hydrogens is 379 g/mol. The zero-order valence-electron chi connectivity index (χ0n) is 15.4. The van der Waals surface area contributed by atoms with Crippen LogP contribution in [0.4, 0.5) is 4.39 Å². The third-order valence-electron chi connectivity index (χ3n) is 4.63. The van der Waals surface area contributed by atoms with E-state index in [2.05, 4.69) is 5.32 Å². The molecule has 1 fully saturated rings. The third-order valence-corrected chi connectivity index (χ3v) is 5.94. The number of halogens is 1. The average Bonchev–Trinajstić information content (AvgIpc) is 2.71. The summed E-state index contributed by atoms with van der Waals surface area (Å²) in [4.78, 5) is 26.9. The number of carbonyl (C=O) groups is 2. The van der Waals surface area contributed by atoms with Crippen molar-refractivity contribution in [3.05, 3.63) is 71.5 Å². The minimum absolute atomic E-state index is 0.151. The molecule has 0 bridgehead atoms. The van der Waals surface area contributed by atoms with Crippen molar-refractivity contribution in [2.75, 3.05) is 18.9 Å². The molecule has 148 valence electrons. The minimum atomic E-state index is -0.648. The first-order valence-corrected chi connectivity index (χ1v) is 10.2. The van der Waals surface area contributed by atoms with Crippen LogP contribution >= 0.6 is 11.8 Å². The SMILES string of the molecule is O=C1NC(C(=O)N(CCO)Cc2ccccc2)CSC1Cc1ccccc1F. The molecule has 5 nitrogen and oxygen atoms in total. The lowest BCUT2D eigenvalue weighted by molar-refractivity contribution is -0.137. The fourth-order valence-electron chi connectivity index (χ4n) is 3.15. The highest BCUT2D eigenvalue weighted by molar-refractivity contribution is 8.00. The summed E-state index contributed by atoms with van der Waals surface area (Å²) in [5.41, 5.74) is 1.45. The summed E-state index contributed by atoms with van der Waals surface area (Å²) in [6.07, 6.45) is 0.286. The van der Waals surface area contributed by atoms with Crippen molar-refractivity contribution < 1.29 is 19.1 Å². The Morgan fingerprint density at radius 2 is 1.89 bits per heavy atom. The molecule has 2 atom stereocenters. The van der Waals surface area contributed by atoms with Gasteiger partial charge in [-0.3, -0.25) is 9.59 Å². The van der Waals surface area contributed by atoms with Crippen LogP contribution in [0, 0.1) is 5.82 Å². The van der Waals surface area contributed by atoms with Gasteiger partial charge >= 0.3 is 0 Å². The second kappa shape index (κ2) is 9.71. The van der Waals surface area contributed by atoms with Gasteiger partial charge in [0.1, 0.15) is 11.9 Å². The maximum atomic E-state index is 13.8. The van der Waals surface area contributed by atoms with Crippen LogP contribution in [0.25, 0.3) is 0 Å². The minimum Gasteiger partial charge on any atom is -0.395 e. The summed E-state index contributed by atoms with van der Waals surface area (Å²) < 4.78 is 13.8. The number of nitrogens with one attached hydrogen (secondary N) is 1. The second-order valence-corrected chi connectivity index (χ2v) is 7.88. The van der Waals surface area contributed by atoms with Gasteiger partial charge in [-0.2, -0.15) is 0 Å². The monoisotopic (exact) mass is 402 g/mol. The van der Waals surface area contributed by atoms with Gasteiger partial charge in [-0.1, -0.05) is 48.5 Å². The fourth-order valence-corrected chi connectivity index (χ4v) is 4.32. The molecule has 2 amide bonds. The zero-order valence-corrected chi connectivity index (χ0v) is 16.2. The number of rotatable bonds is 7. The van der Waals surface area contributed by atoms with Crippen LogP contribution in [-0.4, -0.2) is 52.0 Å². The molecule has 2 N–H and O–H groups in total. The van der Waals surface area contributed by atoms with Crippen molar-refractivity contribution in [1.82, 2.24) is 10.2 Å². The molecule has 7 heteroatoms. The summed E-state index contributed by atoms with van der Waals surface area (Å²) in [6.45, 7) is 0.418. The summed E-state index contributed by atoms with van der Waals surface area (Å²) in [5.74, 6) is -0.392. The Morgan fingerprint density at radius 1 is 1.18 bits per heavy atom. The number of aliphatic hydroxyl groups is 1. The molecule has 1 aliphatic heterocycles. The molecule has 1 saturated heterocycles. The Hall–Kier alpha value is -2.38. The largest absolute Gasteiger partial charge is 0.395 e. The van der Waals surface area contributed by atoms with Crippen molar-refractivity contribution in [2.45, 2.75) is 24.3 Å². The molecule has 28 heavy (non-hydrogen) atoms. The number of nitrogens with zero attached hydrogens (tertiary/aromatic N) is 1. The average molecular weight is 402 g/mol. The normalized spacial score (nSPS) is 19.1. The molecule has 2 unspecified atom stereocenters. The Bertz CT molecular complexity index is 818. The number of thioether (sulfide) groups is 1. The topological polar surface area (TPSA) is 69.6 Å². The molecule has 1 heterocycles. The highest BCUT2D eigenvalue weighted by Crippen LogP contribution is 2.24. The van der Waals surface area contributed by atoms with E-state index in [-0.39, 0.29) is 37.2 Å². The molecule has 0 aliphatic carbocycles. The van der Waals surface area contributed by atoms with Crippen LogP contribution < -0.4 is 5.32 Å². The van der Waals surface area contributed by atoms with Gasteiger partial charge in [-0.15, -0.1) is 11.8 Å². The molecule has 3 rings (SSSR count). The molecule has 2 aromatic carbocycles. The predicted octanol–water partition coefficient (Wildman–Crippen LogP) is 1.99. The number of aliphatic hydroxyl groups excluding tert-OH is 1. The first kappa shape index (κ1) is 20.4. The van der Waals surface area contributed by atoms with Crippen molar-refractivity contribution >= 4 is 23.6 Å². The summed E-state index contributed by atoms with van der Waals surface area (Å²) >= 11 is 1.36. The van der Waals surface area contributed by atoms with E-state index in [9.17, 15) is 19.1 Å². The predicted molar refractivity (Wildman–Crippen MR) is 107 cm³/mol. The van der Waals surface area contributed by atoms with E-state index in [4.69, 9.17) is 0 Å². The maximum Gasteiger partial charge on any atom is 0.246 e. The van der Waals surface area contributed by atoms with Crippen LogP contribution in [-0.2, 0) is 22.6 Å². The molecule has 0 spiro atoms. The Balaban J connectivity index is 1.62. The first-order valence-electron chi connectivity index (χ1n) is 9.17. The van der Waals surface area contributed by atoms with Crippen LogP contribution in [0.5, 0.6) is 0 Å². The van der Waals surface area contributed by atoms with E-state index in [1.54, 1.807) is 23.1 Å². The molecule has 2 aromatic rings. The van der Waals surface area contributed by atoms with E-state index in [1.165, 1.54) is 17.8 Å². The van der Waals surface area contributed by atoms with Gasteiger partial charge in [0.15, 0.2) is 0 Å². The van der Waals surface area contributed by atoms with Gasteiger partial charge in [0.2, 0.25) is 11.8 Å². The number of hydrogen-bond donors (Lipinski definition) is 2. The Kier molecular flexibility index (Phi) is 7.06. The lowest BCUT2D eigenvalue weighted by Crippen LogP contribution is -2.55. The first-order chi connectivity index (χ1) is 13.6. The number of benzene rings is 2. The maximum absolute atomic E-state index is 13.8. The Labute approximate surface area is 167 Å². The summed E-state index contributed by atoms with van der Waals surface area (Å²) in [6, 6.07) is 15.3. The molecular formula is C21H23FN2O3S. The number of carbonyl (C=O) groups excluding carboxylic acids is 2. The highest BCUT2D eigenvalue weighted by atomic mass is 32.2. The van der Waals surface area contributed by atoms with Gasteiger partial charge in [0, 0.05) is 18.8 Å². The van der Waals surface area contributed by atoms with Crippen molar-refractivity contribution in [3.8, 4) is 0 Å². The standard InChI is InChI=1S/C21H23FN2O3S/c22-17-9-5-4-8-16(17)12-19-20(26)23-18(14-28-19)21(27)24(10-11-25)13-15-6-2-1-3-7-15/h1-9,18-19,25H,10-14H2,(H,23,26). The smallest absolute Gasteiger partial charge is 0.246 e. The lowest BCUT2D eigenvalue weighted by Gasteiger charge is -2.32. The zero-order chi connectivity index (χ0) is 19.9. The Morgan fingerprint density at radius 3 is 2.57 bits per heavy atom. The van der Waals surface area contributed by atoms with Crippen LogP contribution in [0.15, 0.2) is 54.6 Å². The lowest BCUT2D eigenvalue weighted by atomic mass is 10.1. The van der Waals surface area contributed by atoms with Crippen LogP contribution in [0.2, 0.25) is 0 Å². The van der Waals surface area contributed by atoms with Crippen LogP contribution in [0.3, 0.4) is 0 Å². The van der Waals surface area contributed by atoms with Gasteiger partial charge in [0.25, 0.3) is 0 Å². The van der Waals surface area contributed by atoms with E-state index in [1.807, 2.05) is 30.3 Å². The van der Waals surface area contributed by atoms with E-state index < -0.39 is 11.3 Å². The van der Waals surface area contributed by atoms with Crippen molar-refractivity contribution in [1.29, 1.82) is 0 Å². The van der Waals surface area contributed by atoms with Gasteiger partial charge in [0.05, 0.1) is 11.9 Å². The van der Waals surface area contributed by atoms with E-state index in [0.29, 0.717) is 17.9 Å². The van der Waals surface area contributed by atoms with Crippen LogP contribution in [0.1, 0.15) is 11.1 Å². The van der Waals surface area contributed by atoms with E-state index in [0.717, 1.165) is 5.56 Å². The summed E-state index contributed by atoms with van der Waals surface area (Å²) in [7, 11) is 0. The summed E-state index contributed by atoms with van der Waals surface area (Å²) in [5, 5.41) is 11.7. The molecule has 0 saturated carbocycles. The van der Waals surface area contributed by atoms with Gasteiger partial charge in [-0.25, -0.2) is 4.39 Å². The molecule has 0 aromatic heterocycles. The quantitative estimate of drug-likeness (QED) is 0.743. The van der Waals surface area contributed by atoms with E-state index >= 15 is 0 Å². The molecule has 1 aliphatic rings. The number of hydrogen-bond acceptors (Lipinski definition) is 4. The van der Waals surface area contributed by atoms with Gasteiger partial charge < -0.3 is 15.3 Å².